The average molecular weight is 876 g/mol. The minimum Gasteiger partial charge on any atom is -0.756 e. The lowest BCUT2D eigenvalue weighted by atomic mass is 10.1. The Morgan fingerprint density at radius 1 is 0.672 bits per heavy atom. The highest BCUT2D eigenvalue weighted by molar-refractivity contribution is 7.45. The van der Waals surface area contributed by atoms with E-state index in [4.69, 9.17) is 18.5 Å². The molecule has 12 nitrogen and oxygen atoms in total. The number of allylic oxidation sites excluding steroid dienone is 15. The molecule has 0 aromatic rings. The predicted octanol–water partition coefficient (Wildman–Crippen LogP) is 8.63. The smallest absolute Gasteiger partial charge is 0.306 e. The number of esters is 2. The Morgan fingerprint density at radius 3 is 1.85 bits per heavy atom. The molecule has 0 fully saturated rings. The number of aliphatic hydroxyl groups is 3. The third kappa shape index (κ3) is 40.4. The van der Waals surface area contributed by atoms with Crippen LogP contribution >= 0.6 is 7.82 Å². The van der Waals surface area contributed by atoms with Crippen LogP contribution < -0.4 is 4.89 Å². The van der Waals surface area contributed by atoms with Gasteiger partial charge >= 0.3 is 11.9 Å². The molecule has 0 aliphatic heterocycles. The zero-order chi connectivity index (χ0) is 45.5. The number of carbonyl (C=O) groups is 2. The maximum atomic E-state index is 12.7. The van der Waals surface area contributed by atoms with E-state index >= 15 is 0 Å². The summed E-state index contributed by atoms with van der Waals surface area (Å²) in [5.74, 6) is -1.25. The van der Waals surface area contributed by atoms with Gasteiger partial charge in [-0.25, -0.2) is 0 Å². The maximum absolute atomic E-state index is 12.7. The lowest BCUT2D eigenvalue weighted by Gasteiger charge is -2.28. The van der Waals surface area contributed by atoms with Gasteiger partial charge in [0.15, 0.2) is 6.10 Å². The van der Waals surface area contributed by atoms with E-state index in [9.17, 15) is 34.4 Å². The Kier molecular flexibility index (Phi) is 36.1. The second kappa shape index (κ2) is 38.2. The maximum Gasteiger partial charge on any atom is 0.306 e. The molecule has 0 rings (SSSR count). The third-order valence-corrected chi connectivity index (χ3v) is 9.58. The van der Waals surface area contributed by atoms with Gasteiger partial charge in [-0.1, -0.05) is 136 Å². The van der Waals surface area contributed by atoms with Crippen molar-refractivity contribution in [3.63, 3.8) is 0 Å². The molecule has 0 spiro atoms. The van der Waals surface area contributed by atoms with Crippen LogP contribution in [0.4, 0.5) is 0 Å². The van der Waals surface area contributed by atoms with Crippen LogP contribution in [-0.4, -0.2) is 104 Å². The predicted molar refractivity (Wildman–Crippen MR) is 244 cm³/mol. The van der Waals surface area contributed by atoms with Gasteiger partial charge in [0.05, 0.1) is 46.1 Å². The largest absolute Gasteiger partial charge is 0.756 e. The van der Waals surface area contributed by atoms with Gasteiger partial charge in [0.2, 0.25) is 0 Å². The van der Waals surface area contributed by atoms with Crippen molar-refractivity contribution in [2.45, 2.75) is 135 Å². The monoisotopic (exact) mass is 876 g/mol. The van der Waals surface area contributed by atoms with Crippen LogP contribution in [0.25, 0.3) is 0 Å². The average Bonchev–Trinajstić information content (AvgIpc) is 3.20. The number of ether oxygens (including phenoxy) is 2. The highest BCUT2D eigenvalue weighted by Gasteiger charge is 2.22. The van der Waals surface area contributed by atoms with Crippen molar-refractivity contribution in [1.82, 2.24) is 0 Å². The lowest BCUT2D eigenvalue weighted by Crippen LogP contribution is -2.37. The fourth-order valence-electron chi connectivity index (χ4n) is 5.04. The minimum atomic E-state index is -4.73. The Labute approximate surface area is 367 Å². The number of carbonyl (C=O) groups excluding carboxylic acids is 2. The molecule has 0 heterocycles. The Balaban J connectivity index is 4.81. The van der Waals surface area contributed by atoms with Crippen LogP contribution in [0, 0.1) is 0 Å². The Hall–Kier alpha value is -3.45. The first-order valence-electron chi connectivity index (χ1n) is 21.9. The van der Waals surface area contributed by atoms with E-state index in [0.29, 0.717) is 30.3 Å². The van der Waals surface area contributed by atoms with Gasteiger partial charge in [-0.05, 0) is 70.6 Å². The molecule has 346 valence electrons. The van der Waals surface area contributed by atoms with Gasteiger partial charge in [-0.2, -0.15) is 0 Å². The molecule has 3 N–H and O–H groups in total. The van der Waals surface area contributed by atoms with Crippen molar-refractivity contribution in [1.29, 1.82) is 0 Å². The summed E-state index contributed by atoms with van der Waals surface area (Å²) in [5.41, 5.74) is 0. The molecular weight excluding hydrogens is 797 g/mol. The summed E-state index contributed by atoms with van der Waals surface area (Å²) in [6.45, 7) is 3.50. The number of hydrogen-bond donors (Lipinski definition) is 3. The molecule has 0 aromatic heterocycles. The van der Waals surface area contributed by atoms with Crippen LogP contribution in [0.3, 0.4) is 0 Å². The molecule has 0 radical (unpaired) electrons. The van der Waals surface area contributed by atoms with E-state index < -0.39 is 57.4 Å². The molecule has 0 aromatic carbocycles. The number of phosphoric acid groups is 1. The van der Waals surface area contributed by atoms with E-state index in [-0.39, 0.29) is 32.3 Å². The SMILES string of the molecule is CC/C=C\C[C@@H](O)/C=C/C=C/C=C\C=C/[C@H](O)[C@@H](O)CCCC(=O)OC[C@H](COP(=O)([O-])OCC[N+](C)(C)C)OC(=O)CCC/C=C\C/C=C\C/C=C\C/C=C\CCCCC. The summed E-state index contributed by atoms with van der Waals surface area (Å²) in [6.07, 6.45) is 40.8. The summed E-state index contributed by atoms with van der Waals surface area (Å²) < 4.78 is 33.5. The van der Waals surface area contributed by atoms with Crippen LogP contribution in [0.1, 0.15) is 110 Å². The standard InChI is InChI=1S/C48H78NO11P/c1-6-8-10-11-12-13-14-15-16-17-18-19-20-21-22-27-31-37-48(54)60-44(42-59-61(55,56)58-40-39-49(3,4)5)41-57-47(53)38-32-36-46(52)45(51)35-30-26-24-23-25-29-34-43(50)33-28-9-7-2/h9,12-13,15-16,18-19,21-26,28-30,34-35,43-46,50-52H,6-8,10-11,14,17,20,27,31-33,36-42H2,1-5H3/b13-12-,16-15-,19-18-,22-21-,25-23+,26-24-,28-9-,34-29+,35-30-/t43-,44-,45+,46+/m1/s1. The van der Waals surface area contributed by atoms with Gasteiger partial charge < -0.3 is 43.2 Å². The topological polar surface area (TPSA) is 172 Å². The molecule has 0 amide bonds. The van der Waals surface area contributed by atoms with Gasteiger partial charge in [0.25, 0.3) is 7.82 Å². The Morgan fingerprint density at radius 2 is 1.25 bits per heavy atom. The summed E-state index contributed by atoms with van der Waals surface area (Å²) in [6, 6.07) is 0. The third-order valence-electron chi connectivity index (χ3n) is 8.62. The van der Waals surface area contributed by atoms with Crippen LogP contribution in [-0.2, 0) is 32.7 Å². The molecule has 61 heavy (non-hydrogen) atoms. The molecule has 0 saturated carbocycles. The number of aliphatic hydroxyl groups excluding tert-OH is 3. The first kappa shape index (κ1) is 57.5. The molecule has 0 bridgehead atoms. The van der Waals surface area contributed by atoms with Crippen molar-refractivity contribution >= 4 is 19.8 Å². The minimum absolute atomic E-state index is 0.0679. The van der Waals surface area contributed by atoms with Crippen LogP contribution in [0.15, 0.2) is 109 Å². The number of rotatable bonds is 37. The number of unbranched alkanes of at least 4 members (excludes halogenated alkanes) is 4. The van der Waals surface area contributed by atoms with E-state index in [2.05, 4.69) is 43.4 Å². The van der Waals surface area contributed by atoms with E-state index in [1.165, 1.54) is 25.3 Å². The highest BCUT2D eigenvalue weighted by atomic mass is 31.2. The Bertz CT molecular complexity index is 1460. The first-order valence-corrected chi connectivity index (χ1v) is 23.4. The summed E-state index contributed by atoms with van der Waals surface area (Å²) in [5, 5.41) is 30.4. The van der Waals surface area contributed by atoms with Crippen molar-refractivity contribution in [3.8, 4) is 0 Å². The van der Waals surface area contributed by atoms with E-state index in [1.807, 2.05) is 52.4 Å². The van der Waals surface area contributed by atoms with Crippen molar-refractivity contribution in [2.75, 3.05) is 47.5 Å². The van der Waals surface area contributed by atoms with Gasteiger partial charge in [0, 0.05) is 12.8 Å². The molecular formula is C48H78NO11P. The lowest BCUT2D eigenvalue weighted by molar-refractivity contribution is -0.870. The molecule has 0 aliphatic rings. The highest BCUT2D eigenvalue weighted by Crippen LogP contribution is 2.38. The summed E-state index contributed by atoms with van der Waals surface area (Å²) in [4.78, 5) is 37.6. The number of quaternary nitrogens is 1. The van der Waals surface area contributed by atoms with Crippen LogP contribution in [0.2, 0.25) is 0 Å². The summed E-state index contributed by atoms with van der Waals surface area (Å²) >= 11 is 0. The number of hydrogen-bond acceptors (Lipinski definition) is 11. The van der Waals surface area contributed by atoms with Crippen molar-refractivity contribution in [3.05, 3.63) is 109 Å². The fraction of sp³-hybridized carbons (Fsp3) is 0.583. The first-order chi connectivity index (χ1) is 29.2. The zero-order valence-electron chi connectivity index (χ0n) is 37.6. The molecule has 0 saturated heterocycles. The van der Waals surface area contributed by atoms with E-state index in [0.717, 1.165) is 32.1 Å². The van der Waals surface area contributed by atoms with Gasteiger partial charge in [-0.3, -0.25) is 14.2 Å². The van der Waals surface area contributed by atoms with Gasteiger partial charge in [-0.15, -0.1) is 0 Å². The normalized spacial score (nSPS) is 16.1. The van der Waals surface area contributed by atoms with Gasteiger partial charge in [0.1, 0.15) is 19.8 Å². The number of likely N-dealkylation sites (N-methyl/N-ethyl adjacent to an activating group) is 1. The fourth-order valence-corrected chi connectivity index (χ4v) is 5.77. The number of nitrogens with zero attached hydrogens (tertiary/aromatic N) is 1. The number of phosphoric ester groups is 1. The molecule has 13 heteroatoms. The van der Waals surface area contributed by atoms with E-state index in [1.54, 1.807) is 42.5 Å². The zero-order valence-corrected chi connectivity index (χ0v) is 38.5. The molecule has 1 unspecified atom stereocenters. The van der Waals surface area contributed by atoms with Crippen molar-refractivity contribution < 1.29 is 57.4 Å². The summed E-state index contributed by atoms with van der Waals surface area (Å²) in [7, 11) is 0.918. The van der Waals surface area contributed by atoms with Crippen LogP contribution in [0.5, 0.6) is 0 Å². The molecule has 0 aliphatic carbocycles. The second-order valence-electron chi connectivity index (χ2n) is 15.5. The second-order valence-corrected chi connectivity index (χ2v) is 16.9. The van der Waals surface area contributed by atoms with Crippen molar-refractivity contribution in [2.24, 2.45) is 0 Å². The molecule has 5 atom stereocenters. The quantitative estimate of drug-likeness (QED) is 0.0136.